The highest BCUT2D eigenvalue weighted by molar-refractivity contribution is 5.95. The number of amides is 1. The van der Waals surface area contributed by atoms with Gasteiger partial charge in [-0.25, -0.2) is 9.97 Å². The van der Waals surface area contributed by atoms with Crippen LogP contribution >= 0.6 is 0 Å². The predicted molar refractivity (Wildman–Crippen MR) is 103 cm³/mol. The Hall–Kier alpha value is -2.31. The zero-order chi connectivity index (χ0) is 18.5. The van der Waals surface area contributed by atoms with Crippen molar-refractivity contribution in [1.29, 1.82) is 0 Å². The topological polar surface area (TPSA) is 67.4 Å². The highest BCUT2D eigenvalue weighted by Crippen LogP contribution is 2.31. The van der Waals surface area contributed by atoms with Gasteiger partial charge in [-0.2, -0.15) is 0 Å². The van der Waals surface area contributed by atoms with Gasteiger partial charge < -0.3 is 10.1 Å². The zero-order valence-electron chi connectivity index (χ0n) is 15.6. The second-order valence-corrected chi connectivity index (χ2v) is 7.48. The summed E-state index contributed by atoms with van der Waals surface area (Å²) in [4.78, 5) is 23.8. The van der Waals surface area contributed by atoms with E-state index in [9.17, 15) is 4.79 Å². The Morgan fingerprint density at radius 3 is 2.41 bits per heavy atom. The van der Waals surface area contributed by atoms with Gasteiger partial charge in [-0.1, -0.05) is 25.0 Å². The summed E-state index contributed by atoms with van der Waals surface area (Å²) in [6, 6.07) is 9.33. The molecule has 1 aromatic heterocycles. The maximum atomic E-state index is 12.9. The van der Waals surface area contributed by atoms with E-state index < -0.39 is 0 Å². The average molecular weight is 366 g/mol. The fourth-order valence-electron chi connectivity index (χ4n) is 4.09. The molecular formula is C21H26N4O2. The first-order chi connectivity index (χ1) is 13.2. The molecule has 142 valence electrons. The standard InChI is InChI=1S/C21H26N4O2/c26-20(18-6-4-17(5-7-18)19-22-10-3-11-23-19)24-21(8-1-2-9-21)16-25-12-14-27-15-13-25/h3-7,10-11H,1-2,8-9,12-16H2,(H,24,26). The highest BCUT2D eigenvalue weighted by Gasteiger charge is 2.37. The molecule has 0 spiro atoms. The Morgan fingerprint density at radius 1 is 1.07 bits per heavy atom. The van der Waals surface area contributed by atoms with Crippen LogP contribution in [0.25, 0.3) is 11.4 Å². The maximum Gasteiger partial charge on any atom is 0.251 e. The van der Waals surface area contributed by atoms with Gasteiger partial charge in [-0.15, -0.1) is 0 Å². The number of morpholine rings is 1. The number of rotatable bonds is 5. The van der Waals surface area contributed by atoms with Crippen LogP contribution in [0, 0.1) is 0 Å². The molecular weight excluding hydrogens is 340 g/mol. The van der Waals surface area contributed by atoms with E-state index in [0.29, 0.717) is 11.4 Å². The average Bonchev–Trinajstić information content (AvgIpc) is 3.17. The molecule has 1 aromatic carbocycles. The van der Waals surface area contributed by atoms with Crippen LogP contribution in [0.2, 0.25) is 0 Å². The van der Waals surface area contributed by atoms with Crippen LogP contribution in [-0.4, -0.2) is 59.2 Å². The SMILES string of the molecule is O=C(NC1(CN2CCOCC2)CCCC1)c1ccc(-c2ncccn2)cc1. The molecule has 0 radical (unpaired) electrons. The Balaban J connectivity index is 1.44. The molecule has 2 aliphatic rings. The molecule has 2 heterocycles. The summed E-state index contributed by atoms with van der Waals surface area (Å²) in [5.41, 5.74) is 1.48. The zero-order valence-corrected chi connectivity index (χ0v) is 15.6. The third-order valence-corrected chi connectivity index (χ3v) is 5.54. The second kappa shape index (κ2) is 8.15. The first-order valence-electron chi connectivity index (χ1n) is 9.74. The van der Waals surface area contributed by atoms with Gasteiger partial charge in [0.2, 0.25) is 0 Å². The molecule has 0 bridgehead atoms. The molecule has 1 aliphatic heterocycles. The highest BCUT2D eigenvalue weighted by atomic mass is 16.5. The third-order valence-electron chi connectivity index (χ3n) is 5.54. The van der Waals surface area contributed by atoms with Gasteiger partial charge in [0.1, 0.15) is 0 Å². The van der Waals surface area contributed by atoms with Gasteiger partial charge in [0.25, 0.3) is 5.91 Å². The molecule has 1 amide bonds. The quantitative estimate of drug-likeness (QED) is 0.881. The van der Waals surface area contributed by atoms with Crippen LogP contribution in [0.1, 0.15) is 36.0 Å². The van der Waals surface area contributed by atoms with Crippen molar-refractivity contribution in [1.82, 2.24) is 20.2 Å². The largest absolute Gasteiger partial charge is 0.379 e. The summed E-state index contributed by atoms with van der Waals surface area (Å²) in [6.45, 7) is 4.38. The Labute approximate surface area is 160 Å². The molecule has 1 aliphatic carbocycles. The van der Waals surface area contributed by atoms with Gasteiger partial charge in [-0.3, -0.25) is 9.69 Å². The van der Waals surface area contributed by atoms with E-state index in [1.54, 1.807) is 18.5 Å². The summed E-state index contributed by atoms with van der Waals surface area (Å²) in [5, 5.41) is 3.36. The Bertz CT molecular complexity index is 752. The lowest BCUT2D eigenvalue weighted by molar-refractivity contribution is 0.0238. The lowest BCUT2D eigenvalue weighted by atomic mass is 9.95. The van der Waals surface area contributed by atoms with Crippen LogP contribution in [0.3, 0.4) is 0 Å². The number of hydrogen-bond acceptors (Lipinski definition) is 5. The normalized spacial score (nSPS) is 19.7. The smallest absolute Gasteiger partial charge is 0.251 e. The van der Waals surface area contributed by atoms with E-state index in [2.05, 4.69) is 20.2 Å². The van der Waals surface area contributed by atoms with Gasteiger partial charge in [0, 0.05) is 43.2 Å². The van der Waals surface area contributed by atoms with Crippen LogP contribution in [0.4, 0.5) is 0 Å². The van der Waals surface area contributed by atoms with Crippen molar-refractivity contribution in [2.75, 3.05) is 32.8 Å². The van der Waals surface area contributed by atoms with Crippen molar-refractivity contribution in [2.45, 2.75) is 31.2 Å². The first-order valence-corrected chi connectivity index (χ1v) is 9.74. The summed E-state index contributed by atoms with van der Waals surface area (Å²) in [5.74, 6) is 0.676. The monoisotopic (exact) mass is 366 g/mol. The lowest BCUT2D eigenvalue weighted by Gasteiger charge is -2.37. The minimum absolute atomic E-state index is 0.00527. The summed E-state index contributed by atoms with van der Waals surface area (Å²) in [7, 11) is 0. The van der Waals surface area contributed by atoms with E-state index in [4.69, 9.17) is 4.74 Å². The number of aromatic nitrogens is 2. The molecule has 1 saturated carbocycles. The van der Waals surface area contributed by atoms with Gasteiger partial charge in [0.15, 0.2) is 5.82 Å². The van der Waals surface area contributed by atoms with Crippen LogP contribution in [0.15, 0.2) is 42.7 Å². The van der Waals surface area contributed by atoms with Gasteiger partial charge in [0.05, 0.1) is 18.8 Å². The number of ether oxygens (including phenoxy) is 1. The summed E-state index contributed by atoms with van der Waals surface area (Å²) in [6.07, 6.45) is 7.89. The van der Waals surface area contributed by atoms with Crippen LogP contribution in [0.5, 0.6) is 0 Å². The van der Waals surface area contributed by atoms with Crippen LogP contribution in [-0.2, 0) is 4.74 Å². The van der Waals surface area contributed by atoms with E-state index in [0.717, 1.165) is 51.3 Å². The predicted octanol–water partition coefficient (Wildman–Crippen LogP) is 2.52. The minimum atomic E-state index is -0.115. The second-order valence-electron chi connectivity index (χ2n) is 7.48. The van der Waals surface area contributed by atoms with Crippen molar-refractivity contribution >= 4 is 5.91 Å². The van der Waals surface area contributed by atoms with Gasteiger partial charge in [-0.05, 0) is 31.0 Å². The Kier molecular flexibility index (Phi) is 5.45. The summed E-state index contributed by atoms with van der Waals surface area (Å²) >= 11 is 0. The van der Waals surface area contributed by atoms with E-state index in [-0.39, 0.29) is 11.4 Å². The molecule has 6 nitrogen and oxygen atoms in total. The van der Waals surface area contributed by atoms with Crippen molar-refractivity contribution < 1.29 is 9.53 Å². The van der Waals surface area contributed by atoms with E-state index >= 15 is 0 Å². The van der Waals surface area contributed by atoms with Crippen molar-refractivity contribution in [3.63, 3.8) is 0 Å². The fraction of sp³-hybridized carbons (Fsp3) is 0.476. The molecule has 4 rings (SSSR count). The molecule has 2 fully saturated rings. The minimum Gasteiger partial charge on any atom is -0.379 e. The number of benzene rings is 1. The molecule has 1 N–H and O–H groups in total. The maximum absolute atomic E-state index is 12.9. The van der Waals surface area contributed by atoms with Crippen molar-refractivity contribution in [2.24, 2.45) is 0 Å². The number of nitrogens with one attached hydrogen (secondary N) is 1. The summed E-state index contributed by atoms with van der Waals surface area (Å²) < 4.78 is 5.46. The van der Waals surface area contributed by atoms with Crippen molar-refractivity contribution in [3.8, 4) is 11.4 Å². The molecule has 27 heavy (non-hydrogen) atoms. The third kappa shape index (κ3) is 4.34. The van der Waals surface area contributed by atoms with Gasteiger partial charge >= 0.3 is 0 Å². The number of carbonyl (C=O) groups excluding carboxylic acids is 1. The first kappa shape index (κ1) is 18.1. The molecule has 0 atom stereocenters. The van der Waals surface area contributed by atoms with Crippen molar-refractivity contribution in [3.05, 3.63) is 48.3 Å². The molecule has 2 aromatic rings. The number of hydrogen-bond donors (Lipinski definition) is 1. The van der Waals surface area contributed by atoms with Crippen LogP contribution < -0.4 is 5.32 Å². The van der Waals surface area contributed by atoms with E-state index in [1.165, 1.54) is 12.8 Å². The fourth-order valence-corrected chi connectivity index (χ4v) is 4.09. The molecule has 0 unspecified atom stereocenters. The molecule has 1 saturated heterocycles. The number of carbonyl (C=O) groups is 1. The van der Waals surface area contributed by atoms with E-state index in [1.807, 2.05) is 24.3 Å². The lowest BCUT2D eigenvalue weighted by Crippen LogP contribution is -2.55. The number of nitrogens with zero attached hydrogens (tertiary/aromatic N) is 3. The Morgan fingerprint density at radius 2 is 1.74 bits per heavy atom. The molecule has 6 heteroatoms.